The van der Waals surface area contributed by atoms with Crippen molar-refractivity contribution in [3.63, 3.8) is 0 Å². The number of rotatable bonds is 4. The molecule has 0 amide bonds. The summed E-state index contributed by atoms with van der Waals surface area (Å²) in [4.78, 5) is 10.3. The second kappa shape index (κ2) is 4.75. The largest absolute Gasteiger partial charge is 0.325 e. The topological polar surface area (TPSA) is 87.0 Å². The highest BCUT2D eigenvalue weighted by atomic mass is 16.6. The van der Waals surface area contributed by atoms with Crippen molar-refractivity contribution in [2.45, 2.75) is 13.1 Å². The third-order valence-electron chi connectivity index (χ3n) is 2.49. The highest BCUT2D eigenvalue weighted by molar-refractivity contribution is 5.33. The molecule has 6 nitrogen and oxygen atoms in total. The zero-order valence-electron chi connectivity index (χ0n) is 9.11. The van der Waals surface area contributed by atoms with E-state index in [1.165, 1.54) is 6.20 Å². The highest BCUT2D eigenvalue weighted by Gasteiger charge is 2.18. The standard InChI is InChI=1S/C11H12N4O2/c12-6-10-11(15(16)17)7-13-14(10)8-9-4-2-1-3-5-9/h1-5,7H,6,8,12H2. The Hall–Kier alpha value is -2.21. The molecule has 0 unspecified atom stereocenters. The van der Waals surface area contributed by atoms with Gasteiger partial charge < -0.3 is 5.73 Å². The van der Waals surface area contributed by atoms with Crippen LogP contribution in [0.3, 0.4) is 0 Å². The molecule has 0 aliphatic heterocycles. The molecule has 1 aromatic heterocycles. The maximum Gasteiger partial charge on any atom is 0.311 e. The summed E-state index contributed by atoms with van der Waals surface area (Å²) in [5, 5.41) is 14.7. The van der Waals surface area contributed by atoms with Crippen molar-refractivity contribution in [1.29, 1.82) is 0 Å². The van der Waals surface area contributed by atoms with Gasteiger partial charge in [-0.3, -0.25) is 14.8 Å². The van der Waals surface area contributed by atoms with Crippen LogP contribution in [0.5, 0.6) is 0 Å². The van der Waals surface area contributed by atoms with Gasteiger partial charge in [-0.15, -0.1) is 0 Å². The zero-order chi connectivity index (χ0) is 12.3. The Bertz CT molecular complexity index is 522. The van der Waals surface area contributed by atoms with Crippen LogP contribution >= 0.6 is 0 Å². The molecule has 2 rings (SSSR count). The molecule has 0 saturated carbocycles. The predicted molar refractivity (Wildman–Crippen MR) is 62.3 cm³/mol. The number of nitro groups is 1. The summed E-state index contributed by atoms with van der Waals surface area (Å²) < 4.78 is 1.56. The highest BCUT2D eigenvalue weighted by Crippen LogP contribution is 2.18. The molecule has 2 N–H and O–H groups in total. The molecule has 0 atom stereocenters. The monoisotopic (exact) mass is 232 g/mol. The summed E-state index contributed by atoms with van der Waals surface area (Å²) in [5.74, 6) is 0. The average Bonchev–Trinajstić information content (AvgIpc) is 2.73. The predicted octanol–water partition coefficient (Wildman–Crippen LogP) is 1.30. The maximum atomic E-state index is 10.7. The Morgan fingerprint density at radius 3 is 2.65 bits per heavy atom. The van der Waals surface area contributed by atoms with Gasteiger partial charge in [-0.2, -0.15) is 5.10 Å². The molecule has 0 fully saturated rings. The minimum absolute atomic E-state index is 0.0246. The second-order valence-electron chi connectivity index (χ2n) is 3.58. The number of benzene rings is 1. The van der Waals surface area contributed by atoms with E-state index in [9.17, 15) is 10.1 Å². The molecule has 0 radical (unpaired) electrons. The first kappa shape index (κ1) is 11.3. The van der Waals surface area contributed by atoms with Gasteiger partial charge in [0, 0.05) is 6.54 Å². The van der Waals surface area contributed by atoms with Crippen LogP contribution in [0.15, 0.2) is 36.5 Å². The fourth-order valence-electron chi connectivity index (χ4n) is 1.66. The smallest absolute Gasteiger partial charge is 0.311 e. The van der Waals surface area contributed by atoms with Crippen LogP contribution in [0.1, 0.15) is 11.3 Å². The number of nitrogens with two attached hydrogens (primary N) is 1. The van der Waals surface area contributed by atoms with Crippen LogP contribution in [0.2, 0.25) is 0 Å². The molecule has 0 aliphatic carbocycles. The first-order valence-electron chi connectivity index (χ1n) is 5.15. The van der Waals surface area contributed by atoms with Crippen molar-refractivity contribution in [2.24, 2.45) is 5.73 Å². The Morgan fingerprint density at radius 2 is 2.06 bits per heavy atom. The molecule has 17 heavy (non-hydrogen) atoms. The van der Waals surface area contributed by atoms with Gasteiger partial charge in [0.2, 0.25) is 0 Å². The normalized spacial score (nSPS) is 10.4. The molecule has 6 heteroatoms. The van der Waals surface area contributed by atoms with Crippen molar-refractivity contribution in [2.75, 3.05) is 0 Å². The Morgan fingerprint density at radius 1 is 1.35 bits per heavy atom. The van der Waals surface area contributed by atoms with Crippen molar-refractivity contribution < 1.29 is 4.92 Å². The van der Waals surface area contributed by atoms with Gasteiger partial charge in [0.05, 0.1) is 11.5 Å². The minimum atomic E-state index is -0.462. The lowest BCUT2D eigenvalue weighted by atomic mass is 10.2. The van der Waals surface area contributed by atoms with E-state index < -0.39 is 4.92 Å². The van der Waals surface area contributed by atoms with Crippen LogP contribution in [0, 0.1) is 10.1 Å². The first-order chi connectivity index (χ1) is 8.22. The lowest BCUT2D eigenvalue weighted by molar-refractivity contribution is -0.385. The van der Waals surface area contributed by atoms with Gasteiger partial charge in [0.15, 0.2) is 0 Å². The first-order valence-corrected chi connectivity index (χ1v) is 5.15. The SMILES string of the molecule is NCc1c([N+](=O)[O-])cnn1Cc1ccccc1. The summed E-state index contributed by atoms with van der Waals surface area (Å²) >= 11 is 0. The van der Waals surface area contributed by atoms with Crippen molar-refractivity contribution in [3.05, 3.63) is 57.9 Å². The Labute approximate surface area is 97.8 Å². The third-order valence-corrected chi connectivity index (χ3v) is 2.49. The van der Waals surface area contributed by atoms with Gasteiger partial charge in [0.25, 0.3) is 0 Å². The zero-order valence-corrected chi connectivity index (χ0v) is 9.11. The fraction of sp³-hybridized carbons (Fsp3) is 0.182. The van der Waals surface area contributed by atoms with Gasteiger partial charge in [-0.05, 0) is 5.56 Å². The number of hydrogen-bond acceptors (Lipinski definition) is 4. The van der Waals surface area contributed by atoms with E-state index in [1.807, 2.05) is 30.3 Å². The number of hydrogen-bond donors (Lipinski definition) is 1. The summed E-state index contributed by atoms with van der Waals surface area (Å²) in [6.45, 7) is 0.588. The Balaban J connectivity index is 2.31. The summed E-state index contributed by atoms with van der Waals surface area (Å²) in [5.41, 5.74) is 6.97. The number of aromatic nitrogens is 2. The molecule has 0 aliphatic rings. The average molecular weight is 232 g/mol. The van der Waals surface area contributed by atoms with E-state index in [2.05, 4.69) is 5.10 Å². The van der Waals surface area contributed by atoms with E-state index in [0.29, 0.717) is 12.2 Å². The maximum absolute atomic E-state index is 10.7. The lowest BCUT2D eigenvalue weighted by Crippen LogP contribution is -2.11. The molecule has 2 aromatic rings. The van der Waals surface area contributed by atoms with Gasteiger partial charge in [-0.25, -0.2) is 0 Å². The van der Waals surface area contributed by atoms with Crippen molar-refractivity contribution in [3.8, 4) is 0 Å². The van der Waals surface area contributed by atoms with Gasteiger partial charge >= 0.3 is 5.69 Å². The van der Waals surface area contributed by atoms with E-state index in [1.54, 1.807) is 4.68 Å². The van der Waals surface area contributed by atoms with Crippen molar-refractivity contribution >= 4 is 5.69 Å². The van der Waals surface area contributed by atoms with E-state index in [-0.39, 0.29) is 12.2 Å². The van der Waals surface area contributed by atoms with Crippen LogP contribution in [-0.4, -0.2) is 14.7 Å². The number of nitrogens with zero attached hydrogens (tertiary/aromatic N) is 3. The van der Waals surface area contributed by atoms with E-state index in [4.69, 9.17) is 5.73 Å². The van der Waals surface area contributed by atoms with Crippen LogP contribution in [0.25, 0.3) is 0 Å². The van der Waals surface area contributed by atoms with Gasteiger partial charge in [0.1, 0.15) is 11.9 Å². The molecule has 0 saturated heterocycles. The molecule has 0 bridgehead atoms. The molecular weight excluding hydrogens is 220 g/mol. The molecule has 0 spiro atoms. The van der Waals surface area contributed by atoms with E-state index in [0.717, 1.165) is 5.56 Å². The third kappa shape index (κ3) is 2.31. The second-order valence-corrected chi connectivity index (χ2v) is 3.58. The van der Waals surface area contributed by atoms with Crippen molar-refractivity contribution in [1.82, 2.24) is 9.78 Å². The summed E-state index contributed by atoms with van der Waals surface area (Å²) in [7, 11) is 0. The lowest BCUT2D eigenvalue weighted by Gasteiger charge is -2.04. The minimum Gasteiger partial charge on any atom is -0.325 e. The van der Waals surface area contributed by atoms with E-state index >= 15 is 0 Å². The molecule has 1 aromatic carbocycles. The Kier molecular flexibility index (Phi) is 3.15. The summed E-state index contributed by atoms with van der Waals surface area (Å²) in [6.07, 6.45) is 1.24. The molecule has 88 valence electrons. The van der Waals surface area contributed by atoms with Crippen LogP contribution < -0.4 is 5.73 Å². The molecular formula is C11H12N4O2. The van der Waals surface area contributed by atoms with Crippen LogP contribution in [-0.2, 0) is 13.1 Å². The molecule has 1 heterocycles. The summed E-state index contributed by atoms with van der Waals surface area (Å²) in [6, 6.07) is 9.62. The van der Waals surface area contributed by atoms with Gasteiger partial charge in [-0.1, -0.05) is 30.3 Å². The quantitative estimate of drug-likeness (QED) is 0.635. The fourth-order valence-corrected chi connectivity index (χ4v) is 1.66. The van der Waals surface area contributed by atoms with Crippen LogP contribution in [0.4, 0.5) is 5.69 Å².